The van der Waals surface area contributed by atoms with Gasteiger partial charge in [0.2, 0.25) is 5.91 Å². The number of amides is 1. The summed E-state index contributed by atoms with van der Waals surface area (Å²) in [5.41, 5.74) is 5.82. The van der Waals surface area contributed by atoms with Gasteiger partial charge in [-0.05, 0) is 24.8 Å². The highest BCUT2D eigenvalue weighted by Gasteiger charge is 2.04. The van der Waals surface area contributed by atoms with Crippen molar-refractivity contribution in [2.45, 2.75) is 33.2 Å². The minimum absolute atomic E-state index is 0.0194. The first-order chi connectivity index (χ1) is 8.49. The third-order valence-electron chi connectivity index (χ3n) is 2.60. The highest BCUT2D eigenvalue weighted by Crippen LogP contribution is 2.01. The summed E-state index contributed by atoms with van der Waals surface area (Å²) in [6, 6.07) is 2.89. The van der Waals surface area contributed by atoms with E-state index >= 15 is 0 Å². The molecule has 5 nitrogen and oxygen atoms in total. The second kappa shape index (κ2) is 6.83. The van der Waals surface area contributed by atoms with Crippen molar-refractivity contribution in [3.05, 3.63) is 28.7 Å². The van der Waals surface area contributed by atoms with Gasteiger partial charge in [-0.1, -0.05) is 13.8 Å². The van der Waals surface area contributed by atoms with Crippen LogP contribution < -0.4 is 16.6 Å². The van der Waals surface area contributed by atoms with Crippen LogP contribution in [-0.4, -0.2) is 17.0 Å². The van der Waals surface area contributed by atoms with Crippen molar-refractivity contribution in [1.82, 2.24) is 9.88 Å². The molecule has 0 spiro atoms. The molecule has 0 aliphatic rings. The van der Waals surface area contributed by atoms with Crippen LogP contribution in [0.1, 0.15) is 26.7 Å². The zero-order chi connectivity index (χ0) is 13.5. The average molecular weight is 251 g/mol. The van der Waals surface area contributed by atoms with Crippen LogP contribution in [0, 0.1) is 5.92 Å². The molecule has 0 fully saturated rings. The van der Waals surface area contributed by atoms with Gasteiger partial charge in [-0.3, -0.25) is 9.59 Å². The number of nitrogens with two attached hydrogens (primary N) is 1. The van der Waals surface area contributed by atoms with E-state index in [1.807, 2.05) is 0 Å². The Labute approximate surface area is 107 Å². The van der Waals surface area contributed by atoms with E-state index in [1.165, 1.54) is 22.9 Å². The lowest BCUT2D eigenvalue weighted by Gasteiger charge is -2.08. The van der Waals surface area contributed by atoms with E-state index in [4.69, 9.17) is 5.73 Å². The van der Waals surface area contributed by atoms with Crippen molar-refractivity contribution in [2.24, 2.45) is 5.92 Å². The van der Waals surface area contributed by atoms with Crippen molar-refractivity contribution in [3.8, 4) is 0 Å². The molecule has 0 radical (unpaired) electrons. The largest absolute Gasteiger partial charge is 0.398 e. The van der Waals surface area contributed by atoms with Crippen LogP contribution in [0.4, 0.5) is 5.69 Å². The van der Waals surface area contributed by atoms with E-state index in [9.17, 15) is 9.59 Å². The van der Waals surface area contributed by atoms with Crippen molar-refractivity contribution < 1.29 is 4.79 Å². The number of carbonyl (C=O) groups excluding carboxylic acids is 1. The van der Waals surface area contributed by atoms with E-state index < -0.39 is 0 Å². The molecule has 1 heterocycles. The molecule has 1 aromatic rings. The lowest BCUT2D eigenvalue weighted by Crippen LogP contribution is -2.32. The van der Waals surface area contributed by atoms with Crippen LogP contribution >= 0.6 is 0 Å². The maximum atomic E-state index is 11.6. The molecule has 0 saturated heterocycles. The fourth-order valence-electron chi connectivity index (χ4n) is 1.62. The predicted octanol–water partition coefficient (Wildman–Crippen LogP) is 0.983. The van der Waals surface area contributed by atoms with E-state index in [-0.39, 0.29) is 18.0 Å². The average Bonchev–Trinajstić information content (AvgIpc) is 2.29. The van der Waals surface area contributed by atoms with Crippen LogP contribution in [-0.2, 0) is 11.3 Å². The third kappa shape index (κ3) is 5.03. The van der Waals surface area contributed by atoms with Gasteiger partial charge in [-0.25, -0.2) is 0 Å². The lowest BCUT2D eigenvalue weighted by molar-refractivity contribution is -0.121. The molecule has 5 heteroatoms. The van der Waals surface area contributed by atoms with E-state index in [0.29, 0.717) is 18.2 Å². The Hall–Kier alpha value is -1.78. The van der Waals surface area contributed by atoms with Crippen LogP contribution in [0.5, 0.6) is 0 Å². The molecule has 1 rings (SSSR count). The van der Waals surface area contributed by atoms with Gasteiger partial charge in [-0.2, -0.15) is 0 Å². The molecule has 0 bridgehead atoms. The number of nitrogens with zero attached hydrogens (tertiary/aromatic N) is 1. The summed E-state index contributed by atoms with van der Waals surface area (Å²) in [6.45, 7) is 4.96. The van der Waals surface area contributed by atoms with E-state index in [2.05, 4.69) is 19.2 Å². The highest BCUT2D eigenvalue weighted by atomic mass is 16.2. The smallest absolute Gasteiger partial charge is 0.251 e. The minimum Gasteiger partial charge on any atom is -0.398 e. The van der Waals surface area contributed by atoms with Crippen molar-refractivity contribution in [3.63, 3.8) is 0 Å². The second-order valence-corrected chi connectivity index (χ2v) is 4.81. The summed E-state index contributed by atoms with van der Waals surface area (Å²) in [5.74, 6) is 0.477. The molecule has 100 valence electrons. The van der Waals surface area contributed by atoms with Crippen molar-refractivity contribution in [2.75, 3.05) is 12.3 Å². The van der Waals surface area contributed by atoms with Gasteiger partial charge in [-0.15, -0.1) is 0 Å². The standard InChI is InChI=1S/C13H21N3O2/c1-10(2)4-3-7-15-12(17)9-16-8-11(14)5-6-13(16)18/h5-6,8,10H,3-4,7,9,14H2,1-2H3,(H,15,17). The first kappa shape index (κ1) is 14.3. The first-order valence-electron chi connectivity index (χ1n) is 6.21. The molecule has 0 unspecified atom stereocenters. The molecule has 1 aromatic heterocycles. The lowest BCUT2D eigenvalue weighted by atomic mass is 10.1. The van der Waals surface area contributed by atoms with Gasteiger partial charge in [0.25, 0.3) is 5.56 Å². The number of hydrogen-bond acceptors (Lipinski definition) is 3. The quantitative estimate of drug-likeness (QED) is 0.740. The van der Waals surface area contributed by atoms with Crippen molar-refractivity contribution >= 4 is 11.6 Å². The number of pyridine rings is 1. The summed E-state index contributed by atoms with van der Waals surface area (Å²) in [7, 11) is 0. The normalized spacial score (nSPS) is 10.6. The molecule has 0 aromatic carbocycles. The Morgan fingerprint density at radius 2 is 2.17 bits per heavy atom. The molecule has 0 atom stereocenters. The Balaban J connectivity index is 2.40. The molecule has 1 amide bonds. The maximum Gasteiger partial charge on any atom is 0.251 e. The van der Waals surface area contributed by atoms with Crippen LogP contribution in [0.15, 0.2) is 23.1 Å². The van der Waals surface area contributed by atoms with Gasteiger partial charge in [0.1, 0.15) is 6.54 Å². The summed E-state index contributed by atoms with van der Waals surface area (Å²) in [5, 5.41) is 2.79. The minimum atomic E-state index is -0.221. The molecule has 0 saturated carbocycles. The molecule has 18 heavy (non-hydrogen) atoms. The molecule has 3 N–H and O–H groups in total. The fourth-order valence-corrected chi connectivity index (χ4v) is 1.62. The number of rotatable bonds is 6. The number of aromatic nitrogens is 1. The van der Waals surface area contributed by atoms with Gasteiger partial charge >= 0.3 is 0 Å². The Morgan fingerprint density at radius 1 is 1.44 bits per heavy atom. The van der Waals surface area contributed by atoms with E-state index in [1.54, 1.807) is 0 Å². The predicted molar refractivity (Wildman–Crippen MR) is 72.2 cm³/mol. The van der Waals surface area contributed by atoms with Gasteiger partial charge in [0.15, 0.2) is 0 Å². The number of nitrogens with one attached hydrogen (secondary N) is 1. The van der Waals surface area contributed by atoms with Gasteiger partial charge in [0, 0.05) is 24.5 Å². The monoisotopic (exact) mass is 251 g/mol. The molecule has 0 aliphatic carbocycles. The molecular formula is C13H21N3O2. The summed E-state index contributed by atoms with van der Waals surface area (Å²) in [6.07, 6.45) is 3.52. The Bertz CT molecular complexity index is 452. The topological polar surface area (TPSA) is 77.1 Å². The molecular weight excluding hydrogens is 230 g/mol. The number of anilines is 1. The molecule has 0 aliphatic heterocycles. The first-order valence-corrected chi connectivity index (χ1v) is 6.21. The summed E-state index contributed by atoms with van der Waals surface area (Å²) >= 11 is 0. The highest BCUT2D eigenvalue weighted by molar-refractivity contribution is 5.75. The zero-order valence-corrected chi connectivity index (χ0v) is 11.0. The van der Waals surface area contributed by atoms with Crippen LogP contribution in [0.3, 0.4) is 0 Å². The number of carbonyl (C=O) groups is 1. The van der Waals surface area contributed by atoms with Crippen molar-refractivity contribution in [1.29, 1.82) is 0 Å². The van der Waals surface area contributed by atoms with E-state index in [0.717, 1.165) is 12.8 Å². The Kier molecular flexibility index (Phi) is 5.42. The van der Waals surface area contributed by atoms with Crippen LogP contribution in [0.2, 0.25) is 0 Å². The summed E-state index contributed by atoms with van der Waals surface area (Å²) < 4.78 is 1.31. The maximum absolute atomic E-state index is 11.6. The zero-order valence-electron chi connectivity index (χ0n) is 11.0. The summed E-state index contributed by atoms with van der Waals surface area (Å²) in [4.78, 5) is 23.1. The van der Waals surface area contributed by atoms with Crippen LogP contribution in [0.25, 0.3) is 0 Å². The third-order valence-corrected chi connectivity index (χ3v) is 2.60. The number of hydrogen-bond donors (Lipinski definition) is 2. The number of nitrogen functional groups attached to an aromatic ring is 1. The second-order valence-electron chi connectivity index (χ2n) is 4.81. The van der Waals surface area contributed by atoms with Gasteiger partial charge < -0.3 is 15.6 Å². The fraction of sp³-hybridized carbons (Fsp3) is 0.538. The Morgan fingerprint density at radius 3 is 2.83 bits per heavy atom. The van der Waals surface area contributed by atoms with Gasteiger partial charge in [0.05, 0.1) is 0 Å². The SMILES string of the molecule is CC(C)CCCNC(=O)Cn1cc(N)ccc1=O.